The van der Waals surface area contributed by atoms with E-state index < -0.39 is 23.9 Å². The number of hydrogen-bond acceptors (Lipinski definition) is 5. The molecule has 6 nitrogen and oxygen atoms in total. The van der Waals surface area contributed by atoms with Gasteiger partial charge in [-0.2, -0.15) is 0 Å². The van der Waals surface area contributed by atoms with Gasteiger partial charge in [0, 0.05) is 18.3 Å². The molecule has 0 radical (unpaired) electrons. The second-order valence-electron chi connectivity index (χ2n) is 10.3. The molecule has 2 aliphatic rings. The number of anilines is 1. The van der Waals surface area contributed by atoms with Gasteiger partial charge >= 0.3 is 13.2 Å². The van der Waals surface area contributed by atoms with E-state index in [4.69, 9.17) is 14.0 Å². The van der Waals surface area contributed by atoms with Gasteiger partial charge in [0.05, 0.1) is 23.4 Å². The molecule has 1 aromatic carbocycles. The number of hydrogen-bond donors (Lipinski definition) is 0. The molecule has 3 heterocycles. The van der Waals surface area contributed by atoms with E-state index in [-0.39, 0.29) is 6.09 Å². The monoisotopic (exact) mass is 422 g/mol. The van der Waals surface area contributed by atoms with Crippen LogP contribution in [-0.4, -0.2) is 35.0 Å². The van der Waals surface area contributed by atoms with E-state index in [2.05, 4.69) is 4.98 Å². The topological polar surface area (TPSA) is 60.9 Å². The Morgan fingerprint density at radius 2 is 1.77 bits per heavy atom. The number of fused-ring (bicyclic) bond motifs is 2. The average molecular weight is 422 g/mol. The summed E-state index contributed by atoms with van der Waals surface area (Å²) in [5.74, 6) is 0. The maximum Gasteiger partial charge on any atom is 0.494 e. The Morgan fingerprint density at radius 1 is 1.10 bits per heavy atom. The summed E-state index contributed by atoms with van der Waals surface area (Å²) < 4.78 is 18.2. The van der Waals surface area contributed by atoms with Gasteiger partial charge in [0.15, 0.2) is 0 Å². The summed E-state index contributed by atoms with van der Waals surface area (Å²) in [7, 11) is -0.500. The highest BCUT2D eigenvalue weighted by Crippen LogP contribution is 2.37. The third kappa shape index (κ3) is 4.21. The molecule has 0 bridgehead atoms. The molecule has 0 unspecified atom stereocenters. The molecule has 164 valence electrons. The second-order valence-corrected chi connectivity index (χ2v) is 10.3. The lowest BCUT2D eigenvalue weighted by atomic mass is 9.78. The molecular formula is C24H31BN2O4. The van der Waals surface area contributed by atoms with Crippen molar-refractivity contribution < 1.29 is 18.8 Å². The van der Waals surface area contributed by atoms with Gasteiger partial charge in [-0.05, 0) is 77.2 Å². The zero-order valence-corrected chi connectivity index (χ0v) is 19.5. The van der Waals surface area contributed by atoms with E-state index in [1.54, 1.807) is 11.1 Å². The van der Waals surface area contributed by atoms with Gasteiger partial charge < -0.3 is 14.0 Å². The molecule has 1 aromatic heterocycles. The molecule has 0 spiro atoms. The predicted octanol–water partition coefficient (Wildman–Crippen LogP) is 4.23. The van der Waals surface area contributed by atoms with Gasteiger partial charge in [-0.3, -0.25) is 9.88 Å². The first-order valence-corrected chi connectivity index (χ1v) is 10.8. The number of rotatable bonds is 1. The van der Waals surface area contributed by atoms with Crippen LogP contribution < -0.4 is 10.4 Å². The molecular weight excluding hydrogens is 391 g/mol. The van der Waals surface area contributed by atoms with E-state index >= 15 is 0 Å². The molecule has 4 rings (SSSR count). The fraction of sp³-hybridized carbons (Fsp3) is 0.500. The van der Waals surface area contributed by atoms with Crippen molar-refractivity contribution in [3.63, 3.8) is 0 Å². The first-order chi connectivity index (χ1) is 14.4. The lowest BCUT2D eigenvalue weighted by Crippen LogP contribution is -2.41. The fourth-order valence-electron chi connectivity index (χ4n) is 3.80. The highest BCUT2D eigenvalue weighted by molar-refractivity contribution is 6.62. The molecule has 0 saturated carbocycles. The number of pyridine rings is 1. The zero-order valence-electron chi connectivity index (χ0n) is 19.5. The summed E-state index contributed by atoms with van der Waals surface area (Å²) in [4.78, 5) is 19.5. The summed E-state index contributed by atoms with van der Waals surface area (Å²) in [6, 6.07) is 9.96. The quantitative estimate of drug-likeness (QED) is 0.644. The summed E-state index contributed by atoms with van der Waals surface area (Å²) in [6.45, 7) is 14.2. The number of benzene rings is 1. The number of amides is 1. The standard InChI is InChI=1S/C24H31BN2O4/c1-22(2,3)29-21(28)27-15-17-9-8-12-26-19(17)13-16-10-11-18(14-20(16)27)25-30-23(4,5)24(6,7)31-25/h8-12,14H,13,15H2,1-7H3. The highest BCUT2D eigenvalue weighted by Gasteiger charge is 2.51. The molecule has 1 fully saturated rings. The van der Waals surface area contributed by atoms with Crippen LogP contribution >= 0.6 is 0 Å². The summed E-state index contributed by atoms with van der Waals surface area (Å²) in [5, 5.41) is 0. The molecule has 7 heteroatoms. The van der Waals surface area contributed by atoms with E-state index in [1.807, 2.05) is 78.8 Å². The van der Waals surface area contributed by atoms with Crippen LogP contribution in [0.1, 0.15) is 65.3 Å². The Bertz CT molecular complexity index is 997. The normalized spacial score (nSPS) is 19.5. The third-order valence-corrected chi connectivity index (χ3v) is 6.21. The Balaban J connectivity index is 1.75. The van der Waals surface area contributed by atoms with Crippen LogP contribution in [0, 0.1) is 0 Å². The number of ether oxygens (including phenoxy) is 1. The van der Waals surface area contributed by atoms with Gasteiger partial charge in [0.1, 0.15) is 5.60 Å². The minimum absolute atomic E-state index is 0.378. The molecule has 1 saturated heterocycles. The molecule has 0 N–H and O–H groups in total. The second kappa shape index (κ2) is 7.35. The van der Waals surface area contributed by atoms with E-state index in [1.165, 1.54) is 0 Å². The smallest absolute Gasteiger partial charge is 0.443 e. The lowest BCUT2D eigenvalue weighted by Gasteiger charge is -2.32. The fourth-order valence-corrected chi connectivity index (χ4v) is 3.80. The minimum atomic E-state index is -0.593. The van der Waals surface area contributed by atoms with Crippen molar-refractivity contribution in [3.05, 3.63) is 53.3 Å². The zero-order chi connectivity index (χ0) is 22.6. The van der Waals surface area contributed by atoms with Gasteiger partial charge in [-0.1, -0.05) is 18.2 Å². The van der Waals surface area contributed by atoms with Crippen LogP contribution in [0.15, 0.2) is 36.5 Å². The van der Waals surface area contributed by atoms with E-state index in [0.29, 0.717) is 13.0 Å². The SMILES string of the molecule is CC(C)(C)OC(=O)N1Cc2cccnc2Cc2ccc(B3OC(C)(C)C(C)(C)O3)cc21. The van der Waals surface area contributed by atoms with Crippen LogP contribution in [0.4, 0.5) is 10.5 Å². The summed E-state index contributed by atoms with van der Waals surface area (Å²) in [6.07, 6.45) is 2.06. The maximum atomic E-state index is 13.2. The first-order valence-electron chi connectivity index (χ1n) is 10.8. The summed E-state index contributed by atoms with van der Waals surface area (Å²) in [5.41, 5.74) is 3.23. The predicted molar refractivity (Wildman–Crippen MR) is 122 cm³/mol. The Kier molecular flexibility index (Phi) is 5.18. The van der Waals surface area contributed by atoms with Crippen LogP contribution in [0.5, 0.6) is 0 Å². The maximum absolute atomic E-state index is 13.2. The number of carbonyl (C=O) groups is 1. The van der Waals surface area contributed by atoms with Crippen molar-refractivity contribution in [1.82, 2.24) is 4.98 Å². The van der Waals surface area contributed by atoms with Crippen molar-refractivity contribution in [3.8, 4) is 0 Å². The Labute approximate surface area is 185 Å². The molecule has 0 aliphatic carbocycles. The molecule has 2 aliphatic heterocycles. The number of nitrogens with zero attached hydrogens (tertiary/aromatic N) is 2. The van der Waals surface area contributed by atoms with E-state index in [0.717, 1.165) is 28.0 Å². The van der Waals surface area contributed by atoms with Crippen molar-refractivity contribution in [2.24, 2.45) is 0 Å². The molecule has 1 amide bonds. The van der Waals surface area contributed by atoms with Gasteiger partial charge in [-0.25, -0.2) is 4.79 Å². The Morgan fingerprint density at radius 3 is 2.42 bits per heavy atom. The average Bonchev–Trinajstić information content (AvgIpc) is 2.79. The summed E-state index contributed by atoms with van der Waals surface area (Å²) >= 11 is 0. The van der Waals surface area contributed by atoms with Gasteiger partial charge in [-0.15, -0.1) is 0 Å². The Hall–Kier alpha value is -2.38. The molecule has 0 atom stereocenters. The van der Waals surface area contributed by atoms with Gasteiger partial charge in [0.2, 0.25) is 0 Å². The lowest BCUT2D eigenvalue weighted by molar-refractivity contribution is 0.00578. The highest BCUT2D eigenvalue weighted by atomic mass is 16.7. The van der Waals surface area contributed by atoms with Crippen LogP contribution in [0.25, 0.3) is 0 Å². The van der Waals surface area contributed by atoms with Crippen molar-refractivity contribution in [2.45, 2.75) is 78.2 Å². The number of carbonyl (C=O) groups excluding carboxylic acids is 1. The van der Waals surface area contributed by atoms with Crippen molar-refractivity contribution >= 4 is 24.4 Å². The van der Waals surface area contributed by atoms with Crippen molar-refractivity contribution in [2.75, 3.05) is 4.90 Å². The first kappa shape index (κ1) is 21.8. The van der Waals surface area contributed by atoms with Crippen LogP contribution in [0.3, 0.4) is 0 Å². The van der Waals surface area contributed by atoms with Crippen LogP contribution in [0.2, 0.25) is 0 Å². The van der Waals surface area contributed by atoms with Crippen molar-refractivity contribution in [1.29, 1.82) is 0 Å². The minimum Gasteiger partial charge on any atom is -0.443 e. The molecule has 31 heavy (non-hydrogen) atoms. The van der Waals surface area contributed by atoms with Gasteiger partial charge in [0.25, 0.3) is 0 Å². The van der Waals surface area contributed by atoms with E-state index in [9.17, 15) is 4.79 Å². The van der Waals surface area contributed by atoms with Crippen LogP contribution in [-0.2, 0) is 27.0 Å². The molecule has 2 aromatic rings. The largest absolute Gasteiger partial charge is 0.494 e. The number of aromatic nitrogens is 1. The third-order valence-electron chi connectivity index (χ3n) is 6.21.